The number of hydrogen-bond acceptors (Lipinski definition) is 4. The van der Waals surface area contributed by atoms with Gasteiger partial charge in [-0.05, 0) is 25.5 Å². The second-order valence-electron chi connectivity index (χ2n) is 8.66. The van der Waals surface area contributed by atoms with E-state index < -0.39 is 0 Å². The van der Waals surface area contributed by atoms with Gasteiger partial charge in [-0.15, -0.1) is 0 Å². The molecule has 0 bridgehead atoms. The van der Waals surface area contributed by atoms with Gasteiger partial charge in [0, 0.05) is 68.5 Å². The number of nitrogens with one attached hydrogen (secondary N) is 1. The molecule has 1 aliphatic carbocycles. The Kier molecular flexibility index (Phi) is 5.41. The zero-order valence-corrected chi connectivity index (χ0v) is 17.6. The van der Waals surface area contributed by atoms with E-state index in [-0.39, 0.29) is 5.41 Å². The van der Waals surface area contributed by atoms with Crippen LogP contribution in [0.25, 0.3) is 0 Å². The fraction of sp³-hybridized carbons (Fsp3) is 0.682. The Morgan fingerprint density at radius 3 is 2.79 bits per heavy atom. The van der Waals surface area contributed by atoms with Gasteiger partial charge in [-0.3, -0.25) is 4.99 Å². The van der Waals surface area contributed by atoms with E-state index >= 15 is 0 Å². The molecule has 0 amide bonds. The average molecular weight is 387 g/mol. The van der Waals surface area contributed by atoms with E-state index in [0.717, 1.165) is 57.5 Å². The lowest BCUT2D eigenvalue weighted by molar-refractivity contribution is -0.107. The highest BCUT2D eigenvalue weighted by Crippen LogP contribution is 2.52. The summed E-state index contributed by atoms with van der Waals surface area (Å²) >= 11 is 0. The Morgan fingerprint density at radius 1 is 1.29 bits per heavy atom. The molecule has 1 saturated carbocycles. The van der Waals surface area contributed by atoms with E-state index in [1.165, 1.54) is 5.69 Å². The highest BCUT2D eigenvalue weighted by atomic mass is 16.5. The molecule has 6 heteroatoms. The summed E-state index contributed by atoms with van der Waals surface area (Å²) in [5.41, 5.74) is 1.39. The van der Waals surface area contributed by atoms with Gasteiger partial charge in [-0.25, -0.2) is 0 Å². The first-order chi connectivity index (χ1) is 13.5. The van der Waals surface area contributed by atoms with Gasteiger partial charge < -0.3 is 24.6 Å². The van der Waals surface area contributed by atoms with E-state index in [9.17, 15) is 0 Å². The van der Waals surface area contributed by atoms with E-state index in [2.05, 4.69) is 54.1 Å². The van der Waals surface area contributed by atoms with Crippen molar-refractivity contribution in [2.45, 2.75) is 39.3 Å². The number of piperazine rings is 1. The maximum Gasteiger partial charge on any atom is 0.194 e. The number of fused-ring (bicyclic) bond motifs is 1. The molecule has 2 aliphatic heterocycles. The van der Waals surface area contributed by atoms with E-state index in [1.807, 2.05) is 6.07 Å². The summed E-state index contributed by atoms with van der Waals surface area (Å²) in [6, 6.07) is 8.78. The van der Waals surface area contributed by atoms with Crippen LogP contribution in [0, 0.1) is 11.3 Å². The van der Waals surface area contributed by atoms with Crippen molar-refractivity contribution in [1.82, 2.24) is 10.2 Å². The van der Waals surface area contributed by atoms with E-state index in [4.69, 9.17) is 14.5 Å². The predicted octanol–water partition coefficient (Wildman–Crippen LogP) is 2.60. The van der Waals surface area contributed by atoms with Crippen molar-refractivity contribution in [2.75, 3.05) is 51.3 Å². The zero-order chi connectivity index (χ0) is 19.7. The lowest BCUT2D eigenvalue weighted by Crippen LogP contribution is -2.68. The Labute approximate surface area is 168 Å². The lowest BCUT2D eigenvalue weighted by Gasteiger charge is -2.55. The smallest absolute Gasteiger partial charge is 0.194 e. The van der Waals surface area contributed by atoms with E-state index in [1.54, 1.807) is 7.11 Å². The van der Waals surface area contributed by atoms with Crippen LogP contribution in [0.2, 0.25) is 0 Å². The monoisotopic (exact) mass is 386 g/mol. The van der Waals surface area contributed by atoms with Crippen LogP contribution in [0.4, 0.5) is 5.69 Å². The third kappa shape index (κ3) is 3.43. The first-order valence-electron chi connectivity index (χ1n) is 10.6. The van der Waals surface area contributed by atoms with Crippen LogP contribution in [0.15, 0.2) is 29.3 Å². The molecular formula is C22H34N4O2. The molecule has 1 N–H and O–H groups in total. The van der Waals surface area contributed by atoms with Gasteiger partial charge in [-0.2, -0.15) is 0 Å². The highest BCUT2D eigenvalue weighted by Gasteiger charge is 2.59. The van der Waals surface area contributed by atoms with Gasteiger partial charge in [0.2, 0.25) is 0 Å². The van der Waals surface area contributed by atoms with Crippen LogP contribution in [0.1, 0.15) is 27.2 Å². The topological polar surface area (TPSA) is 49.3 Å². The Bertz CT molecular complexity index is 712. The minimum absolute atomic E-state index is 0.165. The van der Waals surface area contributed by atoms with Gasteiger partial charge in [0.15, 0.2) is 5.96 Å². The summed E-state index contributed by atoms with van der Waals surface area (Å²) in [5.74, 6) is 2.60. The fourth-order valence-corrected chi connectivity index (χ4v) is 5.13. The van der Waals surface area contributed by atoms with Crippen molar-refractivity contribution in [3.8, 4) is 5.75 Å². The Hall–Kier alpha value is -1.95. The molecule has 0 radical (unpaired) electrons. The molecule has 6 nitrogen and oxygen atoms in total. The summed E-state index contributed by atoms with van der Waals surface area (Å²) in [6.45, 7) is 12.4. The molecule has 0 aromatic heterocycles. The van der Waals surface area contributed by atoms with Crippen LogP contribution in [0.5, 0.6) is 5.75 Å². The molecule has 0 spiro atoms. The molecule has 3 atom stereocenters. The zero-order valence-electron chi connectivity index (χ0n) is 17.6. The summed E-state index contributed by atoms with van der Waals surface area (Å²) in [5, 5.41) is 3.82. The number of nitrogens with zero attached hydrogens (tertiary/aromatic N) is 3. The normalized spacial score (nSPS) is 29.3. The molecule has 2 heterocycles. The number of hydrogen-bond donors (Lipinski definition) is 1. The van der Waals surface area contributed by atoms with Crippen molar-refractivity contribution in [2.24, 2.45) is 16.3 Å². The largest absolute Gasteiger partial charge is 0.497 e. The average Bonchev–Trinajstić information content (AvgIpc) is 3.18. The number of rotatable bonds is 4. The second kappa shape index (κ2) is 7.82. The van der Waals surface area contributed by atoms with Crippen molar-refractivity contribution < 1.29 is 9.47 Å². The molecule has 3 unspecified atom stereocenters. The van der Waals surface area contributed by atoms with Crippen molar-refractivity contribution in [3.63, 3.8) is 0 Å². The quantitative estimate of drug-likeness (QED) is 0.637. The molecule has 1 aromatic rings. The van der Waals surface area contributed by atoms with Gasteiger partial charge >= 0.3 is 0 Å². The van der Waals surface area contributed by atoms with Crippen molar-refractivity contribution >= 4 is 11.6 Å². The molecule has 2 saturated heterocycles. The molecule has 4 rings (SSSR count). The minimum Gasteiger partial charge on any atom is -0.497 e. The number of guanidine groups is 1. The fourth-order valence-electron chi connectivity index (χ4n) is 5.13. The van der Waals surface area contributed by atoms with Gasteiger partial charge in [-0.1, -0.05) is 19.9 Å². The first-order valence-corrected chi connectivity index (χ1v) is 10.6. The van der Waals surface area contributed by atoms with Crippen molar-refractivity contribution in [1.29, 1.82) is 0 Å². The van der Waals surface area contributed by atoms with Crippen LogP contribution in [-0.4, -0.2) is 69.4 Å². The van der Waals surface area contributed by atoms with Crippen LogP contribution < -0.4 is 15.0 Å². The maximum atomic E-state index is 5.96. The number of anilines is 1. The highest BCUT2D eigenvalue weighted by molar-refractivity contribution is 5.81. The molecule has 154 valence electrons. The Balaban J connectivity index is 1.39. The van der Waals surface area contributed by atoms with Gasteiger partial charge in [0.05, 0.1) is 13.2 Å². The first kappa shape index (κ1) is 19.4. The number of ether oxygens (including phenoxy) is 2. The van der Waals surface area contributed by atoms with Crippen LogP contribution >= 0.6 is 0 Å². The lowest BCUT2D eigenvalue weighted by atomic mass is 9.57. The number of benzene rings is 1. The van der Waals surface area contributed by atoms with Crippen molar-refractivity contribution in [3.05, 3.63) is 24.3 Å². The minimum atomic E-state index is 0.165. The maximum absolute atomic E-state index is 5.96. The summed E-state index contributed by atoms with van der Waals surface area (Å²) in [4.78, 5) is 9.67. The van der Waals surface area contributed by atoms with Crippen LogP contribution in [-0.2, 0) is 4.74 Å². The molecule has 1 aromatic carbocycles. The van der Waals surface area contributed by atoms with Gasteiger partial charge in [0.1, 0.15) is 5.75 Å². The molecule has 28 heavy (non-hydrogen) atoms. The second-order valence-corrected chi connectivity index (χ2v) is 8.66. The summed E-state index contributed by atoms with van der Waals surface area (Å²) in [6.07, 6.45) is 1.56. The molecule has 3 aliphatic rings. The third-order valence-electron chi connectivity index (χ3n) is 6.69. The predicted molar refractivity (Wildman–Crippen MR) is 113 cm³/mol. The summed E-state index contributed by atoms with van der Waals surface area (Å²) < 4.78 is 11.3. The molecular weight excluding hydrogens is 352 g/mol. The Morgan fingerprint density at radius 2 is 2.07 bits per heavy atom. The standard InChI is InChI=1S/C22H34N4O2/c1-5-23-21(24-19-18-9-14-28-20(18)22(19,2)3)26-12-10-25(11-13-26)16-7-6-8-17(15-16)27-4/h6-8,15,18-20H,5,9-14H2,1-4H3,(H,23,24). The molecule has 3 fully saturated rings. The van der Waals surface area contributed by atoms with Crippen LogP contribution in [0.3, 0.4) is 0 Å². The number of methoxy groups -OCH3 is 1. The number of aliphatic imine (C=N–C) groups is 1. The third-order valence-corrected chi connectivity index (χ3v) is 6.69. The summed E-state index contributed by atoms with van der Waals surface area (Å²) in [7, 11) is 1.72. The SMILES string of the molecule is CCN=C(NC1C2CCOC2C1(C)C)N1CCN(c2cccc(OC)c2)CC1. The van der Waals surface area contributed by atoms with E-state index in [0.29, 0.717) is 18.1 Å². The van der Waals surface area contributed by atoms with Gasteiger partial charge in [0.25, 0.3) is 0 Å².